The monoisotopic (exact) mass is 337 g/mol. The number of rotatable bonds is 5. The van der Waals surface area contributed by atoms with Gasteiger partial charge < -0.3 is 10.2 Å². The molecule has 1 heterocycles. The Balaban J connectivity index is 0.00000110. The molecule has 1 saturated heterocycles. The molecule has 0 aromatic heterocycles. The molecule has 6 heteroatoms. The highest BCUT2D eigenvalue weighted by Gasteiger charge is 2.28. The standard InChI is InChI=1S/C15H27N3O.2ClH/c19-15(12-16-11-13-5-6-13)18-9-7-17(8-10-18)14-3-1-2-4-14;;/h13-14,16H,1-12H2;2*1H. The Morgan fingerprint density at radius 1 is 0.952 bits per heavy atom. The maximum Gasteiger partial charge on any atom is 0.236 e. The van der Waals surface area contributed by atoms with Crippen molar-refractivity contribution in [3.05, 3.63) is 0 Å². The molecule has 3 rings (SSSR count). The van der Waals surface area contributed by atoms with Crippen molar-refractivity contribution in [1.82, 2.24) is 15.1 Å². The zero-order valence-electron chi connectivity index (χ0n) is 12.8. The number of carbonyl (C=O) groups is 1. The fraction of sp³-hybridized carbons (Fsp3) is 0.933. The minimum Gasteiger partial charge on any atom is -0.339 e. The lowest BCUT2D eigenvalue weighted by Gasteiger charge is -2.38. The molecule has 0 bridgehead atoms. The van der Waals surface area contributed by atoms with E-state index in [4.69, 9.17) is 0 Å². The van der Waals surface area contributed by atoms with E-state index in [0.29, 0.717) is 12.5 Å². The second-order valence-corrected chi connectivity index (χ2v) is 6.43. The van der Waals surface area contributed by atoms with Crippen LogP contribution < -0.4 is 5.32 Å². The Morgan fingerprint density at radius 3 is 2.14 bits per heavy atom. The first kappa shape index (κ1) is 19.0. The number of nitrogens with zero attached hydrogens (tertiary/aromatic N) is 2. The van der Waals surface area contributed by atoms with E-state index >= 15 is 0 Å². The maximum atomic E-state index is 12.1. The summed E-state index contributed by atoms with van der Waals surface area (Å²) < 4.78 is 0. The van der Waals surface area contributed by atoms with E-state index in [1.54, 1.807) is 0 Å². The zero-order valence-corrected chi connectivity index (χ0v) is 14.4. The zero-order chi connectivity index (χ0) is 13.1. The molecule has 0 unspecified atom stereocenters. The first-order valence-electron chi connectivity index (χ1n) is 8.05. The Bertz CT molecular complexity index is 312. The Hall–Kier alpha value is -0.0300. The summed E-state index contributed by atoms with van der Waals surface area (Å²) in [5.74, 6) is 1.15. The van der Waals surface area contributed by atoms with Gasteiger partial charge in [0.15, 0.2) is 0 Å². The van der Waals surface area contributed by atoms with E-state index in [0.717, 1.165) is 44.7 Å². The first-order chi connectivity index (χ1) is 9.33. The van der Waals surface area contributed by atoms with Gasteiger partial charge in [0.2, 0.25) is 5.91 Å². The van der Waals surface area contributed by atoms with E-state index in [9.17, 15) is 4.79 Å². The molecule has 4 nitrogen and oxygen atoms in total. The van der Waals surface area contributed by atoms with Crippen LogP contribution >= 0.6 is 24.8 Å². The number of nitrogens with one attached hydrogen (secondary N) is 1. The first-order valence-corrected chi connectivity index (χ1v) is 8.05. The number of hydrogen-bond acceptors (Lipinski definition) is 3. The molecule has 124 valence electrons. The summed E-state index contributed by atoms with van der Waals surface area (Å²) in [7, 11) is 0. The molecular weight excluding hydrogens is 309 g/mol. The van der Waals surface area contributed by atoms with E-state index in [2.05, 4.69) is 10.2 Å². The third-order valence-corrected chi connectivity index (χ3v) is 4.91. The van der Waals surface area contributed by atoms with Crippen LogP contribution in [0.1, 0.15) is 38.5 Å². The van der Waals surface area contributed by atoms with Crippen LogP contribution in [-0.2, 0) is 4.79 Å². The molecule has 3 fully saturated rings. The van der Waals surface area contributed by atoms with Crippen LogP contribution in [0.3, 0.4) is 0 Å². The van der Waals surface area contributed by atoms with Crippen molar-refractivity contribution in [2.45, 2.75) is 44.6 Å². The van der Waals surface area contributed by atoms with Gasteiger partial charge in [-0.2, -0.15) is 0 Å². The third-order valence-electron chi connectivity index (χ3n) is 4.91. The fourth-order valence-corrected chi connectivity index (χ4v) is 3.42. The van der Waals surface area contributed by atoms with Crippen molar-refractivity contribution in [2.24, 2.45) is 5.92 Å². The van der Waals surface area contributed by atoms with Gasteiger partial charge in [-0.05, 0) is 38.1 Å². The van der Waals surface area contributed by atoms with E-state index in [1.807, 2.05) is 4.90 Å². The van der Waals surface area contributed by atoms with Crippen LogP contribution in [-0.4, -0.2) is 61.0 Å². The van der Waals surface area contributed by atoms with Crippen LogP contribution in [0.2, 0.25) is 0 Å². The van der Waals surface area contributed by atoms with Gasteiger partial charge in [0.25, 0.3) is 0 Å². The molecule has 2 saturated carbocycles. The Morgan fingerprint density at radius 2 is 1.57 bits per heavy atom. The van der Waals surface area contributed by atoms with Crippen molar-refractivity contribution in [3.8, 4) is 0 Å². The van der Waals surface area contributed by atoms with Crippen LogP contribution in [0.4, 0.5) is 0 Å². The van der Waals surface area contributed by atoms with Crippen LogP contribution in [0.15, 0.2) is 0 Å². The molecule has 3 aliphatic rings. The van der Waals surface area contributed by atoms with E-state index in [-0.39, 0.29) is 24.8 Å². The van der Waals surface area contributed by atoms with E-state index in [1.165, 1.54) is 38.5 Å². The topological polar surface area (TPSA) is 35.6 Å². The SMILES string of the molecule is Cl.Cl.O=C(CNCC1CC1)N1CCN(C2CCCC2)CC1. The van der Waals surface area contributed by atoms with Gasteiger partial charge in [0, 0.05) is 32.2 Å². The van der Waals surface area contributed by atoms with Gasteiger partial charge in [-0.1, -0.05) is 12.8 Å². The molecule has 1 aliphatic heterocycles. The maximum absolute atomic E-state index is 12.1. The highest BCUT2D eigenvalue weighted by molar-refractivity contribution is 5.85. The molecule has 21 heavy (non-hydrogen) atoms. The quantitative estimate of drug-likeness (QED) is 0.832. The number of piperazine rings is 1. The predicted molar refractivity (Wildman–Crippen MR) is 90.5 cm³/mol. The number of amides is 1. The molecule has 0 atom stereocenters. The Labute approximate surface area is 140 Å². The highest BCUT2D eigenvalue weighted by atomic mass is 35.5. The van der Waals surface area contributed by atoms with Crippen LogP contribution in [0, 0.1) is 5.92 Å². The molecule has 2 aliphatic carbocycles. The Kier molecular flexibility index (Phi) is 8.32. The van der Waals surface area contributed by atoms with E-state index < -0.39 is 0 Å². The average molecular weight is 338 g/mol. The molecular formula is C15H29Cl2N3O. The van der Waals surface area contributed by atoms with Crippen molar-refractivity contribution >= 4 is 30.7 Å². The smallest absolute Gasteiger partial charge is 0.236 e. The lowest BCUT2D eigenvalue weighted by atomic mass is 10.2. The summed E-state index contributed by atoms with van der Waals surface area (Å²) in [5.41, 5.74) is 0. The lowest BCUT2D eigenvalue weighted by Crippen LogP contribution is -2.53. The van der Waals surface area contributed by atoms with Crippen LogP contribution in [0.5, 0.6) is 0 Å². The second-order valence-electron chi connectivity index (χ2n) is 6.43. The van der Waals surface area contributed by atoms with Crippen molar-refractivity contribution < 1.29 is 4.79 Å². The summed E-state index contributed by atoms with van der Waals surface area (Å²) in [6, 6.07) is 0.810. The largest absolute Gasteiger partial charge is 0.339 e. The van der Waals surface area contributed by atoms with Crippen molar-refractivity contribution in [3.63, 3.8) is 0 Å². The average Bonchev–Trinajstić information content (AvgIpc) is 3.10. The number of halogens is 2. The molecule has 0 radical (unpaired) electrons. The lowest BCUT2D eigenvalue weighted by molar-refractivity contribution is -0.132. The van der Waals surface area contributed by atoms with Gasteiger partial charge in [-0.15, -0.1) is 24.8 Å². The highest BCUT2D eigenvalue weighted by Crippen LogP contribution is 2.27. The third kappa shape index (κ3) is 5.59. The molecule has 0 spiro atoms. The van der Waals surface area contributed by atoms with Crippen molar-refractivity contribution in [1.29, 1.82) is 0 Å². The summed E-state index contributed by atoms with van der Waals surface area (Å²) >= 11 is 0. The summed E-state index contributed by atoms with van der Waals surface area (Å²) in [4.78, 5) is 16.7. The van der Waals surface area contributed by atoms with Crippen molar-refractivity contribution in [2.75, 3.05) is 39.3 Å². The summed E-state index contributed by atoms with van der Waals surface area (Å²) in [5, 5.41) is 3.31. The van der Waals surface area contributed by atoms with Gasteiger partial charge in [-0.25, -0.2) is 0 Å². The van der Waals surface area contributed by atoms with Gasteiger partial charge in [-0.3, -0.25) is 9.69 Å². The minimum absolute atomic E-state index is 0. The molecule has 1 N–H and O–H groups in total. The number of carbonyl (C=O) groups excluding carboxylic acids is 1. The van der Waals surface area contributed by atoms with Gasteiger partial charge >= 0.3 is 0 Å². The second kappa shape index (κ2) is 9.19. The predicted octanol–water partition coefficient (Wildman–Crippen LogP) is 1.92. The molecule has 0 aromatic carbocycles. The normalized spacial score (nSPS) is 23.5. The molecule has 1 amide bonds. The number of hydrogen-bond donors (Lipinski definition) is 1. The fourth-order valence-electron chi connectivity index (χ4n) is 3.42. The minimum atomic E-state index is 0. The summed E-state index contributed by atoms with van der Waals surface area (Å²) in [6.45, 7) is 5.60. The van der Waals surface area contributed by atoms with Gasteiger partial charge in [0.05, 0.1) is 6.54 Å². The van der Waals surface area contributed by atoms with Gasteiger partial charge in [0.1, 0.15) is 0 Å². The summed E-state index contributed by atoms with van der Waals surface area (Å²) in [6.07, 6.45) is 8.24. The molecule has 0 aromatic rings. The van der Waals surface area contributed by atoms with Crippen LogP contribution in [0.25, 0.3) is 0 Å².